The molecule has 1 aromatic carbocycles. The van der Waals surface area contributed by atoms with Crippen LogP contribution >= 0.6 is 0 Å². The van der Waals surface area contributed by atoms with Crippen LogP contribution in [-0.2, 0) is 0 Å². The standard InChI is InChI=1S/C14H14N4O/c1-18(12-5-3-4-6-13(12)19-2)14-11(16)7-10(8-15)9-17-14/h3-7,9H,16H2,1-2H3. The fourth-order valence-corrected chi connectivity index (χ4v) is 1.84. The van der Waals surface area contributed by atoms with Crippen molar-refractivity contribution in [2.75, 3.05) is 24.8 Å². The topological polar surface area (TPSA) is 75.2 Å². The molecule has 1 aromatic heterocycles. The van der Waals surface area contributed by atoms with Crippen LogP contribution in [0.5, 0.6) is 5.75 Å². The predicted octanol–water partition coefficient (Wildman–Crippen LogP) is 2.31. The number of nitrogens with zero attached hydrogens (tertiary/aromatic N) is 3. The molecule has 2 aromatic rings. The van der Waals surface area contributed by atoms with Crippen molar-refractivity contribution in [3.05, 3.63) is 42.1 Å². The van der Waals surface area contributed by atoms with E-state index in [1.807, 2.05) is 42.3 Å². The number of nitrogen functional groups attached to an aromatic ring is 1. The molecule has 0 radical (unpaired) electrons. The van der Waals surface area contributed by atoms with Gasteiger partial charge in [0, 0.05) is 13.2 Å². The van der Waals surface area contributed by atoms with E-state index in [4.69, 9.17) is 15.7 Å². The number of ether oxygens (including phenoxy) is 1. The van der Waals surface area contributed by atoms with Crippen LogP contribution in [0.1, 0.15) is 5.56 Å². The van der Waals surface area contributed by atoms with E-state index >= 15 is 0 Å². The van der Waals surface area contributed by atoms with Gasteiger partial charge in [-0.3, -0.25) is 0 Å². The maximum absolute atomic E-state index is 8.81. The van der Waals surface area contributed by atoms with Crippen molar-refractivity contribution < 1.29 is 4.74 Å². The van der Waals surface area contributed by atoms with Crippen molar-refractivity contribution in [2.24, 2.45) is 0 Å². The number of para-hydroxylation sites is 2. The normalized spacial score (nSPS) is 9.74. The fourth-order valence-electron chi connectivity index (χ4n) is 1.84. The van der Waals surface area contributed by atoms with Crippen LogP contribution in [0.15, 0.2) is 36.5 Å². The predicted molar refractivity (Wildman–Crippen MR) is 74.4 cm³/mol. The molecule has 5 heteroatoms. The van der Waals surface area contributed by atoms with Gasteiger partial charge in [0.1, 0.15) is 11.8 Å². The average molecular weight is 254 g/mol. The molecule has 1 heterocycles. The van der Waals surface area contributed by atoms with Crippen LogP contribution in [0.4, 0.5) is 17.2 Å². The molecular weight excluding hydrogens is 240 g/mol. The minimum absolute atomic E-state index is 0.440. The molecule has 2 N–H and O–H groups in total. The van der Waals surface area contributed by atoms with Crippen LogP contribution in [0.3, 0.4) is 0 Å². The summed E-state index contributed by atoms with van der Waals surface area (Å²) in [6.45, 7) is 0. The van der Waals surface area contributed by atoms with E-state index in [-0.39, 0.29) is 0 Å². The zero-order valence-electron chi connectivity index (χ0n) is 10.8. The molecule has 0 aliphatic carbocycles. The van der Waals surface area contributed by atoms with E-state index in [0.717, 1.165) is 11.4 Å². The fraction of sp³-hybridized carbons (Fsp3) is 0.143. The van der Waals surface area contributed by atoms with Gasteiger partial charge in [0.25, 0.3) is 0 Å². The molecule has 0 atom stereocenters. The molecule has 0 saturated heterocycles. The second-order valence-electron chi connectivity index (χ2n) is 3.98. The van der Waals surface area contributed by atoms with Gasteiger partial charge < -0.3 is 15.4 Å². The first-order valence-electron chi connectivity index (χ1n) is 5.69. The maximum atomic E-state index is 8.81. The highest BCUT2D eigenvalue weighted by atomic mass is 16.5. The molecule has 0 spiro atoms. The largest absolute Gasteiger partial charge is 0.495 e. The van der Waals surface area contributed by atoms with Crippen molar-refractivity contribution in [1.29, 1.82) is 5.26 Å². The highest BCUT2D eigenvalue weighted by Crippen LogP contribution is 2.33. The summed E-state index contributed by atoms with van der Waals surface area (Å²) in [5, 5.41) is 8.81. The first kappa shape index (κ1) is 12.7. The summed E-state index contributed by atoms with van der Waals surface area (Å²) in [4.78, 5) is 6.05. The van der Waals surface area contributed by atoms with Gasteiger partial charge in [-0.05, 0) is 18.2 Å². The third-order valence-corrected chi connectivity index (χ3v) is 2.79. The Morgan fingerprint density at radius 2 is 2.11 bits per heavy atom. The van der Waals surface area contributed by atoms with E-state index in [1.54, 1.807) is 13.2 Å². The Morgan fingerprint density at radius 3 is 2.74 bits per heavy atom. The number of benzene rings is 1. The Hall–Kier alpha value is -2.74. The average Bonchev–Trinajstić information content (AvgIpc) is 2.46. The molecule has 96 valence electrons. The third-order valence-electron chi connectivity index (χ3n) is 2.79. The van der Waals surface area contributed by atoms with Crippen molar-refractivity contribution in [3.8, 4) is 11.8 Å². The van der Waals surface area contributed by atoms with Crippen LogP contribution in [0.25, 0.3) is 0 Å². The number of pyridine rings is 1. The molecule has 5 nitrogen and oxygen atoms in total. The van der Waals surface area contributed by atoms with E-state index in [0.29, 0.717) is 17.1 Å². The smallest absolute Gasteiger partial charge is 0.156 e. The zero-order valence-corrected chi connectivity index (χ0v) is 10.8. The van der Waals surface area contributed by atoms with E-state index in [9.17, 15) is 0 Å². The van der Waals surface area contributed by atoms with Gasteiger partial charge >= 0.3 is 0 Å². The van der Waals surface area contributed by atoms with Crippen molar-refractivity contribution in [1.82, 2.24) is 4.98 Å². The summed E-state index contributed by atoms with van der Waals surface area (Å²) in [6, 6.07) is 11.2. The Bertz CT molecular complexity index is 634. The van der Waals surface area contributed by atoms with Crippen LogP contribution < -0.4 is 15.4 Å². The first-order chi connectivity index (χ1) is 9.17. The lowest BCUT2D eigenvalue weighted by atomic mass is 10.2. The summed E-state index contributed by atoms with van der Waals surface area (Å²) in [6.07, 6.45) is 1.50. The molecule has 19 heavy (non-hydrogen) atoms. The van der Waals surface area contributed by atoms with Gasteiger partial charge in [-0.25, -0.2) is 4.98 Å². The minimum Gasteiger partial charge on any atom is -0.495 e. The number of methoxy groups -OCH3 is 1. The lowest BCUT2D eigenvalue weighted by Crippen LogP contribution is -2.14. The van der Waals surface area contributed by atoms with Gasteiger partial charge in [-0.1, -0.05) is 12.1 Å². The van der Waals surface area contributed by atoms with Gasteiger partial charge in [-0.15, -0.1) is 0 Å². The van der Waals surface area contributed by atoms with Crippen LogP contribution in [0.2, 0.25) is 0 Å². The monoisotopic (exact) mass is 254 g/mol. The number of rotatable bonds is 3. The minimum atomic E-state index is 0.440. The van der Waals surface area contributed by atoms with Gasteiger partial charge in [0.2, 0.25) is 0 Å². The molecule has 0 fully saturated rings. The van der Waals surface area contributed by atoms with Crippen molar-refractivity contribution >= 4 is 17.2 Å². The Labute approximate surface area is 111 Å². The van der Waals surface area contributed by atoms with Gasteiger partial charge in [0.05, 0.1) is 24.0 Å². The quantitative estimate of drug-likeness (QED) is 0.909. The van der Waals surface area contributed by atoms with Crippen molar-refractivity contribution in [3.63, 3.8) is 0 Å². The Morgan fingerprint density at radius 1 is 1.37 bits per heavy atom. The number of hydrogen-bond acceptors (Lipinski definition) is 5. The summed E-state index contributed by atoms with van der Waals surface area (Å²) in [5.74, 6) is 1.32. The summed E-state index contributed by atoms with van der Waals surface area (Å²) in [7, 11) is 3.46. The van der Waals surface area contributed by atoms with E-state index in [1.165, 1.54) is 6.20 Å². The number of aromatic nitrogens is 1. The van der Waals surface area contributed by atoms with Gasteiger partial charge in [-0.2, -0.15) is 5.26 Å². The van der Waals surface area contributed by atoms with E-state index < -0.39 is 0 Å². The maximum Gasteiger partial charge on any atom is 0.156 e. The molecule has 0 aliphatic heterocycles. The number of nitrogens with two attached hydrogens (primary N) is 1. The number of nitriles is 1. The highest BCUT2D eigenvalue weighted by Gasteiger charge is 2.13. The summed E-state index contributed by atoms with van der Waals surface area (Å²) in [5.41, 5.74) is 7.68. The SMILES string of the molecule is COc1ccccc1N(C)c1ncc(C#N)cc1N. The first-order valence-corrected chi connectivity index (χ1v) is 5.69. The lowest BCUT2D eigenvalue weighted by Gasteiger charge is -2.22. The van der Waals surface area contributed by atoms with Gasteiger partial charge in [0.15, 0.2) is 5.82 Å². The molecule has 0 unspecified atom stereocenters. The summed E-state index contributed by atoms with van der Waals surface area (Å²) < 4.78 is 5.31. The van der Waals surface area contributed by atoms with Crippen molar-refractivity contribution in [2.45, 2.75) is 0 Å². The molecular formula is C14H14N4O. The number of hydrogen-bond donors (Lipinski definition) is 1. The molecule has 0 saturated carbocycles. The van der Waals surface area contributed by atoms with E-state index in [2.05, 4.69) is 4.98 Å². The van der Waals surface area contributed by atoms with Crippen LogP contribution in [-0.4, -0.2) is 19.1 Å². The Balaban J connectivity index is 2.44. The molecule has 0 bridgehead atoms. The molecule has 0 aliphatic rings. The zero-order chi connectivity index (χ0) is 13.8. The molecule has 2 rings (SSSR count). The second kappa shape index (κ2) is 5.27. The second-order valence-corrected chi connectivity index (χ2v) is 3.98. The molecule has 0 amide bonds. The van der Waals surface area contributed by atoms with Crippen LogP contribution in [0, 0.1) is 11.3 Å². The third kappa shape index (κ3) is 2.43. The summed E-state index contributed by atoms with van der Waals surface area (Å²) >= 11 is 0. The Kier molecular flexibility index (Phi) is 3.53. The lowest BCUT2D eigenvalue weighted by molar-refractivity contribution is 0.415. The highest BCUT2D eigenvalue weighted by molar-refractivity contribution is 5.74. The number of anilines is 3.